The van der Waals surface area contributed by atoms with Crippen LogP contribution in [0.2, 0.25) is 0 Å². The van der Waals surface area contributed by atoms with Gasteiger partial charge in [-0.05, 0) is 47.0 Å². The van der Waals surface area contributed by atoms with Gasteiger partial charge in [-0.15, -0.1) is 0 Å². The Morgan fingerprint density at radius 2 is 1.36 bits per heavy atom. The highest BCUT2D eigenvalue weighted by atomic mass is 16.2. The summed E-state index contributed by atoms with van der Waals surface area (Å²) in [6, 6.07) is 20.7. The van der Waals surface area contributed by atoms with Crippen LogP contribution >= 0.6 is 0 Å². The summed E-state index contributed by atoms with van der Waals surface area (Å²) in [5.41, 5.74) is 4.39. The fourth-order valence-corrected chi connectivity index (χ4v) is 2.56. The van der Waals surface area contributed by atoms with Gasteiger partial charge in [0.15, 0.2) is 0 Å². The lowest BCUT2D eigenvalue weighted by Gasteiger charge is -2.11. The van der Waals surface area contributed by atoms with Crippen LogP contribution < -0.4 is 0 Å². The third kappa shape index (κ3) is 2.73. The average molecular weight is 289 g/mol. The van der Waals surface area contributed by atoms with Crippen molar-refractivity contribution in [2.75, 3.05) is 14.1 Å². The molecule has 110 valence electrons. The molecule has 3 rings (SSSR count). The number of amides is 1. The minimum Gasteiger partial charge on any atom is -0.345 e. The number of carbonyl (C=O) groups excluding carboxylic acids is 1. The van der Waals surface area contributed by atoms with Crippen LogP contribution in [-0.4, -0.2) is 24.9 Å². The summed E-state index contributed by atoms with van der Waals surface area (Å²) in [7, 11) is 3.54. The molecule has 0 aromatic heterocycles. The topological polar surface area (TPSA) is 20.3 Å². The Morgan fingerprint density at radius 1 is 0.773 bits per heavy atom. The fraction of sp³-hybridized carbons (Fsp3) is 0.150. The molecule has 22 heavy (non-hydrogen) atoms. The molecular formula is C20H19NO. The molecule has 0 saturated carbocycles. The van der Waals surface area contributed by atoms with Crippen molar-refractivity contribution in [2.24, 2.45) is 0 Å². The Hall–Kier alpha value is -2.61. The van der Waals surface area contributed by atoms with Crippen LogP contribution in [0, 0.1) is 6.92 Å². The third-order valence-corrected chi connectivity index (χ3v) is 3.88. The van der Waals surface area contributed by atoms with Crippen molar-refractivity contribution in [3.05, 3.63) is 71.8 Å². The zero-order chi connectivity index (χ0) is 15.7. The van der Waals surface area contributed by atoms with Gasteiger partial charge in [0, 0.05) is 19.7 Å². The quantitative estimate of drug-likeness (QED) is 0.679. The molecule has 0 spiro atoms. The minimum atomic E-state index is 0.0320. The van der Waals surface area contributed by atoms with Gasteiger partial charge in [0.2, 0.25) is 0 Å². The maximum absolute atomic E-state index is 12.0. The molecule has 0 N–H and O–H groups in total. The van der Waals surface area contributed by atoms with E-state index in [1.54, 1.807) is 19.0 Å². The second-order valence-corrected chi connectivity index (χ2v) is 5.84. The minimum absolute atomic E-state index is 0.0320. The molecule has 0 atom stereocenters. The van der Waals surface area contributed by atoms with Crippen molar-refractivity contribution in [1.82, 2.24) is 4.90 Å². The molecule has 0 radical (unpaired) electrons. The lowest BCUT2D eigenvalue weighted by atomic mass is 9.99. The smallest absolute Gasteiger partial charge is 0.253 e. The van der Waals surface area contributed by atoms with Gasteiger partial charge in [-0.3, -0.25) is 4.79 Å². The van der Waals surface area contributed by atoms with Crippen LogP contribution in [0.25, 0.3) is 21.9 Å². The molecule has 0 bridgehead atoms. The highest BCUT2D eigenvalue weighted by Crippen LogP contribution is 2.25. The zero-order valence-corrected chi connectivity index (χ0v) is 13.1. The molecule has 2 nitrogen and oxygen atoms in total. The molecule has 1 amide bonds. The van der Waals surface area contributed by atoms with Crippen molar-refractivity contribution < 1.29 is 4.79 Å². The summed E-state index contributed by atoms with van der Waals surface area (Å²) in [4.78, 5) is 13.6. The molecule has 3 aromatic rings. The predicted octanol–water partition coefficient (Wildman–Crippen LogP) is 4.52. The number of hydrogen-bond donors (Lipinski definition) is 0. The van der Waals surface area contributed by atoms with Gasteiger partial charge in [0.05, 0.1) is 0 Å². The van der Waals surface area contributed by atoms with E-state index in [4.69, 9.17) is 0 Å². The van der Waals surface area contributed by atoms with Gasteiger partial charge < -0.3 is 4.90 Å². The van der Waals surface area contributed by atoms with Crippen molar-refractivity contribution in [1.29, 1.82) is 0 Å². The first-order valence-corrected chi connectivity index (χ1v) is 7.37. The van der Waals surface area contributed by atoms with Gasteiger partial charge in [0.25, 0.3) is 5.91 Å². The van der Waals surface area contributed by atoms with E-state index in [2.05, 4.69) is 49.4 Å². The summed E-state index contributed by atoms with van der Waals surface area (Å²) in [6.07, 6.45) is 0. The van der Waals surface area contributed by atoms with E-state index in [-0.39, 0.29) is 5.91 Å². The van der Waals surface area contributed by atoms with Gasteiger partial charge in [-0.25, -0.2) is 0 Å². The van der Waals surface area contributed by atoms with E-state index >= 15 is 0 Å². The molecule has 0 fully saturated rings. The Bertz CT molecular complexity index is 832. The lowest BCUT2D eigenvalue weighted by Crippen LogP contribution is -2.21. The van der Waals surface area contributed by atoms with E-state index in [0.717, 1.165) is 16.3 Å². The van der Waals surface area contributed by atoms with Gasteiger partial charge in [-0.2, -0.15) is 0 Å². The molecule has 2 heteroatoms. The molecule has 0 heterocycles. The SMILES string of the molecule is Cc1ccc(-c2ccc3cc(C(=O)N(C)C)ccc3c2)cc1. The highest BCUT2D eigenvalue weighted by Gasteiger charge is 2.08. The summed E-state index contributed by atoms with van der Waals surface area (Å²) >= 11 is 0. The number of nitrogens with zero attached hydrogens (tertiary/aromatic N) is 1. The Balaban J connectivity index is 2.02. The van der Waals surface area contributed by atoms with Crippen LogP contribution in [0.1, 0.15) is 15.9 Å². The first-order valence-electron chi connectivity index (χ1n) is 7.37. The number of fused-ring (bicyclic) bond motifs is 1. The molecule has 0 aliphatic rings. The van der Waals surface area contributed by atoms with Gasteiger partial charge in [0.1, 0.15) is 0 Å². The first kappa shape index (κ1) is 14.3. The van der Waals surface area contributed by atoms with Crippen molar-refractivity contribution >= 4 is 16.7 Å². The summed E-state index contributed by atoms with van der Waals surface area (Å²) < 4.78 is 0. The van der Waals surface area contributed by atoms with Crippen molar-refractivity contribution in [3.63, 3.8) is 0 Å². The molecule has 0 saturated heterocycles. The Kier molecular flexibility index (Phi) is 3.68. The largest absolute Gasteiger partial charge is 0.345 e. The molecular weight excluding hydrogens is 270 g/mol. The molecule has 3 aromatic carbocycles. The maximum Gasteiger partial charge on any atom is 0.253 e. The van der Waals surface area contributed by atoms with E-state index in [1.807, 2.05) is 18.2 Å². The summed E-state index contributed by atoms with van der Waals surface area (Å²) in [5.74, 6) is 0.0320. The van der Waals surface area contributed by atoms with E-state index < -0.39 is 0 Å². The highest BCUT2D eigenvalue weighted by molar-refractivity contribution is 5.99. The van der Waals surface area contributed by atoms with Gasteiger partial charge >= 0.3 is 0 Å². The second-order valence-electron chi connectivity index (χ2n) is 5.84. The van der Waals surface area contributed by atoms with Gasteiger partial charge in [-0.1, -0.05) is 48.0 Å². The van der Waals surface area contributed by atoms with Crippen LogP contribution in [0.4, 0.5) is 0 Å². The second kappa shape index (κ2) is 5.64. The van der Waals surface area contributed by atoms with Crippen molar-refractivity contribution in [2.45, 2.75) is 6.92 Å². The predicted molar refractivity (Wildman–Crippen MR) is 92.1 cm³/mol. The lowest BCUT2D eigenvalue weighted by molar-refractivity contribution is 0.0828. The third-order valence-electron chi connectivity index (χ3n) is 3.88. The van der Waals surface area contributed by atoms with E-state index in [9.17, 15) is 4.79 Å². The molecule has 0 aliphatic heterocycles. The number of aryl methyl sites for hydroxylation is 1. The number of rotatable bonds is 2. The molecule has 0 unspecified atom stereocenters. The Morgan fingerprint density at radius 3 is 2.05 bits per heavy atom. The fourth-order valence-electron chi connectivity index (χ4n) is 2.56. The average Bonchev–Trinajstić information content (AvgIpc) is 2.53. The molecule has 0 aliphatic carbocycles. The number of benzene rings is 3. The van der Waals surface area contributed by atoms with Crippen LogP contribution in [0.15, 0.2) is 60.7 Å². The summed E-state index contributed by atoms with van der Waals surface area (Å²) in [5, 5.41) is 2.23. The van der Waals surface area contributed by atoms with Crippen LogP contribution in [0.3, 0.4) is 0 Å². The number of hydrogen-bond acceptors (Lipinski definition) is 1. The monoisotopic (exact) mass is 289 g/mol. The zero-order valence-electron chi connectivity index (χ0n) is 13.1. The normalized spacial score (nSPS) is 10.7. The van der Waals surface area contributed by atoms with Crippen LogP contribution in [-0.2, 0) is 0 Å². The van der Waals surface area contributed by atoms with E-state index in [1.165, 1.54) is 16.7 Å². The maximum atomic E-state index is 12.0. The van der Waals surface area contributed by atoms with Crippen LogP contribution in [0.5, 0.6) is 0 Å². The van der Waals surface area contributed by atoms with E-state index in [0.29, 0.717) is 0 Å². The first-order chi connectivity index (χ1) is 10.5. The van der Waals surface area contributed by atoms with Crippen molar-refractivity contribution in [3.8, 4) is 11.1 Å². The summed E-state index contributed by atoms with van der Waals surface area (Å²) in [6.45, 7) is 2.09. The standard InChI is InChI=1S/C20H19NO/c1-14-4-6-15(7-5-14)16-8-9-18-13-19(20(22)21(2)3)11-10-17(18)12-16/h4-13H,1-3H3. The number of carbonyl (C=O) groups is 1. The Labute approximate surface area is 131 Å².